The topological polar surface area (TPSA) is 91.3 Å². The third-order valence-corrected chi connectivity index (χ3v) is 11.7. The van der Waals surface area contributed by atoms with E-state index in [-0.39, 0.29) is 23.0 Å². The van der Waals surface area contributed by atoms with Crippen molar-refractivity contribution in [1.82, 2.24) is 0 Å². The number of rotatable bonds is 12. The van der Waals surface area contributed by atoms with E-state index < -0.39 is 45.0 Å². The largest absolute Gasteiger partial charge is 0.507 e. The molecule has 0 radical (unpaired) electrons. The first kappa shape index (κ1) is 34.3. The van der Waals surface area contributed by atoms with Gasteiger partial charge >= 0.3 is 15.2 Å². The highest BCUT2D eigenvalue weighted by atomic mass is 31.2. The average Bonchev–Trinajstić information content (AvgIpc) is 2.61. The summed E-state index contributed by atoms with van der Waals surface area (Å²) in [5.74, 6) is 0.236. The Morgan fingerprint density at radius 1 is 0.649 bits per heavy atom. The Hall–Kier alpha value is -0.680. The first-order valence-corrected chi connectivity index (χ1v) is 16.5. The van der Waals surface area contributed by atoms with Gasteiger partial charge in [-0.2, -0.15) is 0 Å². The molecule has 0 aliphatic heterocycles. The molecule has 0 heterocycles. The summed E-state index contributed by atoms with van der Waals surface area (Å²) in [7, 11) is -8.08. The van der Waals surface area contributed by atoms with Gasteiger partial charge in [-0.1, -0.05) is 53.7 Å². The van der Waals surface area contributed by atoms with Crippen LogP contribution in [-0.4, -0.2) is 34.9 Å². The van der Waals surface area contributed by atoms with E-state index in [1.165, 1.54) is 0 Å². The van der Waals surface area contributed by atoms with Crippen molar-refractivity contribution in [2.75, 3.05) is 0 Å². The summed E-state index contributed by atoms with van der Waals surface area (Å²) >= 11 is 0. The van der Waals surface area contributed by atoms with E-state index in [1.807, 2.05) is 53.7 Å². The van der Waals surface area contributed by atoms with Gasteiger partial charge in [-0.15, -0.1) is 0 Å². The SMILES string of the molecule is CC(C)OP(=O)(OC(C)C)C(Cc1cc(C(C)(C)C)c(O)c(C(C)(C)C)c1)P(=O)(OC(C)C)OC(C)C. The number of hydrogen-bond acceptors (Lipinski definition) is 7. The monoisotopic (exact) mass is 562 g/mol. The van der Waals surface area contributed by atoms with Crippen LogP contribution in [0.2, 0.25) is 0 Å². The van der Waals surface area contributed by atoms with E-state index >= 15 is 0 Å². The van der Waals surface area contributed by atoms with Gasteiger partial charge in [0.05, 0.1) is 24.4 Å². The Balaban J connectivity index is 4.00. The predicted octanol–water partition coefficient (Wildman–Crippen LogP) is 8.94. The van der Waals surface area contributed by atoms with Gasteiger partial charge in [-0.3, -0.25) is 9.13 Å². The zero-order chi connectivity index (χ0) is 29.1. The molecule has 0 spiro atoms. The molecule has 0 aliphatic rings. The van der Waals surface area contributed by atoms with Crippen LogP contribution in [0.4, 0.5) is 0 Å². The Labute approximate surface area is 226 Å². The molecule has 1 rings (SSSR count). The van der Waals surface area contributed by atoms with Gasteiger partial charge in [0, 0.05) is 0 Å². The van der Waals surface area contributed by atoms with Crippen molar-refractivity contribution >= 4 is 15.2 Å². The molecule has 0 fully saturated rings. The minimum atomic E-state index is -4.04. The summed E-state index contributed by atoms with van der Waals surface area (Å²) < 4.78 is 53.0. The first-order valence-electron chi connectivity index (χ1n) is 13.3. The first-order chi connectivity index (χ1) is 16.5. The summed E-state index contributed by atoms with van der Waals surface area (Å²) in [6, 6.07) is 3.78. The summed E-state index contributed by atoms with van der Waals surface area (Å²) in [6.07, 6.45) is -1.75. The van der Waals surface area contributed by atoms with E-state index in [0.717, 1.165) is 16.7 Å². The summed E-state index contributed by atoms with van der Waals surface area (Å²) in [6.45, 7) is 26.3. The van der Waals surface area contributed by atoms with Crippen LogP contribution in [0.25, 0.3) is 0 Å². The van der Waals surface area contributed by atoms with E-state index in [0.29, 0.717) is 0 Å². The van der Waals surface area contributed by atoms with Gasteiger partial charge in [0.15, 0.2) is 5.40 Å². The molecule has 0 bridgehead atoms. The van der Waals surface area contributed by atoms with Crippen LogP contribution < -0.4 is 0 Å². The van der Waals surface area contributed by atoms with Crippen LogP contribution in [0.3, 0.4) is 0 Å². The lowest BCUT2D eigenvalue weighted by atomic mass is 9.78. The van der Waals surface area contributed by atoms with E-state index in [2.05, 4.69) is 0 Å². The van der Waals surface area contributed by atoms with E-state index in [9.17, 15) is 14.2 Å². The highest BCUT2D eigenvalue weighted by molar-refractivity contribution is 7.72. The van der Waals surface area contributed by atoms with E-state index in [1.54, 1.807) is 55.4 Å². The van der Waals surface area contributed by atoms with Crippen molar-refractivity contribution < 1.29 is 32.3 Å². The number of phenols is 1. The molecular weight excluding hydrogens is 510 g/mol. The molecule has 1 aromatic rings. The molecular formula is C28H52O7P2. The second-order valence-corrected chi connectivity index (χ2v) is 17.6. The molecule has 0 saturated heterocycles. The van der Waals surface area contributed by atoms with Crippen LogP contribution in [0.15, 0.2) is 12.1 Å². The Kier molecular flexibility index (Phi) is 11.8. The molecule has 37 heavy (non-hydrogen) atoms. The summed E-state index contributed by atoms with van der Waals surface area (Å²) in [5.41, 5.74) is 1.52. The molecule has 0 amide bonds. The standard InChI is InChI=1S/C28H52O7P2/c1-18(2)32-36(30,33-19(3)4)25(37(31,34-20(5)6)35-21(7)8)17-22-15-23(27(9,10)11)26(29)24(16-22)28(12,13)14/h15-16,18-21,25,29H,17H2,1-14H3. The summed E-state index contributed by atoms with van der Waals surface area (Å²) in [4.78, 5) is 0. The smallest absolute Gasteiger partial charge is 0.346 e. The lowest BCUT2D eigenvalue weighted by Gasteiger charge is -2.36. The maximum atomic E-state index is 14.6. The Morgan fingerprint density at radius 3 is 1.14 bits per heavy atom. The van der Waals surface area contributed by atoms with Crippen LogP contribution >= 0.6 is 15.2 Å². The maximum Gasteiger partial charge on any atom is 0.346 e. The van der Waals surface area contributed by atoms with Gasteiger partial charge in [0.2, 0.25) is 0 Å². The van der Waals surface area contributed by atoms with Crippen molar-refractivity contribution in [2.45, 2.75) is 144 Å². The minimum absolute atomic E-state index is 0.0554. The van der Waals surface area contributed by atoms with Crippen LogP contribution in [0.1, 0.15) is 114 Å². The van der Waals surface area contributed by atoms with Crippen LogP contribution in [0.5, 0.6) is 5.75 Å². The number of benzene rings is 1. The average molecular weight is 563 g/mol. The van der Waals surface area contributed by atoms with Crippen molar-refractivity contribution in [2.24, 2.45) is 0 Å². The van der Waals surface area contributed by atoms with Crippen molar-refractivity contribution in [3.05, 3.63) is 28.8 Å². The molecule has 0 aliphatic carbocycles. The zero-order valence-corrected chi connectivity index (χ0v) is 27.3. The second kappa shape index (κ2) is 12.7. The molecule has 0 unspecified atom stereocenters. The fraction of sp³-hybridized carbons (Fsp3) is 0.786. The van der Waals surface area contributed by atoms with Crippen LogP contribution in [-0.2, 0) is 44.5 Å². The normalized spacial score (nSPS) is 14.1. The molecule has 0 saturated carbocycles. The third-order valence-electron chi connectivity index (χ3n) is 5.37. The summed E-state index contributed by atoms with van der Waals surface area (Å²) in [5, 5.41) is 10.00. The second-order valence-electron chi connectivity index (χ2n) is 12.9. The fourth-order valence-electron chi connectivity index (χ4n) is 4.07. The van der Waals surface area contributed by atoms with Gasteiger partial charge in [0.1, 0.15) is 5.75 Å². The number of hydrogen-bond donors (Lipinski definition) is 1. The number of phenolic OH excluding ortho intramolecular Hbond substituents is 1. The lowest BCUT2D eigenvalue weighted by Crippen LogP contribution is -2.26. The molecule has 7 nitrogen and oxygen atoms in total. The Bertz CT molecular complexity index is 884. The van der Waals surface area contributed by atoms with Gasteiger partial charge in [0.25, 0.3) is 0 Å². The van der Waals surface area contributed by atoms with Gasteiger partial charge in [-0.05, 0) is 89.3 Å². The van der Waals surface area contributed by atoms with Gasteiger partial charge < -0.3 is 23.2 Å². The molecule has 9 heteroatoms. The fourth-order valence-corrected chi connectivity index (χ4v) is 9.99. The third kappa shape index (κ3) is 9.78. The lowest BCUT2D eigenvalue weighted by molar-refractivity contribution is 0.122. The quantitative estimate of drug-likeness (QED) is 0.254. The Morgan fingerprint density at radius 2 is 0.919 bits per heavy atom. The van der Waals surface area contributed by atoms with Crippen LogP contribution in [0, 0.1) is 0 Å². The highest BCUT2D eigenvalue weighted by Crippen LogP contribution is 2.72. The van der Waals surface area contributed by atoms with Crippen molar-refractivity contribution in [1.29, 1.82) is 0 Å². The number of aromatic hydroxyl groups is 1. The molecule has 1 N–H and O–H groups in total. The minimum Gasteiger partial charge on any atom is -0.507 e. The van der Waals surface area contributed by atoms with Gasteiger partial charge in [-0.25, -0.2) is 0 Å². The van der Waals surface area contributed by atoms with Crippen molar-refractivity contribution in [3.63, 3.8) is 0 Å². The highest BCUT2D eigenvalue weighted by Gasteiger charge is 2.53. The molecule has 1 aromatic carbocycles. The predicted molar refractivity (Wildman–Crippen MR) is 153 cm³/mol. The molecule has 0 aromatic heterocycles. The molecule has 0 atom stereocenters. The van der Waals surface area contributed by atoms with Crippen molar-refractivity contribution in [3.8, 4) is 5.75 Å². The van der Waals surface area contributed by atoms with E-state index in [4.69, 9.17) is 18.1 Å². The molecule has 216 valence electrons. The maximum absolute atomic E-state index is 14.6. The zero-order valence-electron chi connectivity index (χ0n) is 25.5.